The van der Waals surface area contributed by atoms with E-state index in [0.717, 1.165) is 59.7 Å². The fraction of sp³-hybridized carbons (Fsp3) is 0.304. The lowest BCUT2D eigenvalue weighted by Gasteiger charge is -2.33. The fourth-order valence-electron chi connectivity index (χ4n) is 3.49. The Balaban J connectivity index is 0.000000444. The minimum Gasteiger partial charge on any atom is -0.424 e. The van der Waals surface area contributed by atoms with Gasteiger partial charge in [-0.2, -0.15) is 4.98 Å². The molecular weight excluding hydrogens is 406 g/mol. The van der Waals surface area contributed by atoms with E-state index in [-0.39, 0.29) is 12.1 Å². The summed E-state index contributed by atoms with van der Waals surface area (Å²) in [6.07, 6.45) is 2.57. The molecule has 4 aromatic rings. The van der Waals surface area contributed by atoms with Gasteiger partial charge in [0.1, 0.15) is 17.6 Å². The normalized spacial score (nSPS) is 15.4. The van der Waals surface area contributed by atoms with Gasteiger partial charge >= 0.3 is 0 Å². The zero-order valence-corrected chi connectivity index (χ0v) is 18.2. The predicted molar refractivity (Wildman–Crippen MR) is 126 cm³/mol. The Bertz CT molecular complexity index is 1230. The highest BCUT2D eigenvalue weighted by atomic mass is 16.4. The van der Waals surface area contributed by atoms with Gasteiger partial charge in [0.15, 0.2) is 5.58 Å². The smallest absolute Gasteiger partial charge is 0.292 e. The molecule has 0 spiro atoms. The Hall–Kier alpha value is -3.56. The van der Waals surface area contributed by atoms with Crippen LogP contribution in [0.15, 0.2) is 47.0 Å². The van der Waals surface area contributed by atoms with Crippen molar-refractivity contribution in [3.8, 4) is 11.1 Å². The van der Waals surface area contributed by atoms with Gasteiger partial charge in [0, 0.05) is 26.2 Å². The van der Waals surface area contributed by atoms with Crippen molar-refractivity contribution in [1.82, 2.24) is 19.9 Å². The maximum Gasteiger partial charge on any atom is 0.292 e. The number of anilines is 2. The largest absolute Gasteiger partial charge is 0.424 e. The van der Waals surface area contributed by atoms with E-state index in [4.69, 9.17) is 20.9 Å². The van der Waals surface area contributed by atoms with E-state index in [1.165, 1.54) is 0 Å². The SMILES string of the molecule is CC(N)C=O.CN1CCN(c2cnc3ccc(-c4ccc5oc(N)nc5c4)cc3n2)CC1. The number of aromatic nitrogens is 3. The highest BCUT2D eigenvalue weighted by Gasteiger charge is 2.16. The number of likely N-dealkylation sites (N-methyl/N-ethyl adjacent to an activating group) is 1. The molecule has 1 aliphatic rings. The molecule has 166 valence electrons. The highest BCUT2D eigenvalue weighted by molar-refractivity contribution is 5.86. The fourth-order valence-corrected chi connectivity index (χ4v) is 3.49. The average Bonchev–Trinajstić information content (AvgIpc) is 3.18. The molecule has 1 aliphatic heterocycles. The van der Waals surface area contributed by atoms with Crippen molar-refractivity contribution < 1.29 is 9.21 Å². The molecule has 0 bridgehead atoms. The van der Waals surface area contributed by atoms with Crippen molar-refractivity contribution in [1.29, 1.82) is 0 Å². The van der Waals surface area contributed by atoms with Crippen LogP contribution in [-0.2, 0) is 4.79 Å². The third-order valence-electron chi connectivity index (χ3n) is 5.31. The Labute approximate surface area is 186 Å². The Morgan fingerprint density at radius 2 is 1.66 bits per heavy atom. The van der Waals surface area contributed by atoms with Crippen LogP contribution in [0.2, 0.25) is 0 Å². The molecule has 0 aliphatic carbocycles. The van der Waals surface area contributed by atoms with Crippen molar-refractivity contribution in [3.05, 3.63) is 42.6 Å². The van der Waals surface area contributed by atoms with Gasteiger partial charge in [-0.05, 0) is 49.4 Å². The Morgan fingerprint density at radius 3 is 2.34 bits per heavy atom. The molecule has 9 nitrogen and oxygen atoms in total. The summed E-state index contributed by atoms with van der Waals surface area (Å²) in [5.41, 5.74) is 15.9. The molecule has 0 radical (unpaired) electrons. The van der Waals surface area contributed by atoms with E-state index in [1.807, 2.05) is 30.5 Å². The minimum atomic E-state index is -0.296. The third-order valence-corrected chi connectivity index (χ3v) is 5.31. The van der Waals surface area contributed by atoms with E-state index in [0.29, 0.717) is 11.9 Å². The van der Waals surface area contributed by atoms with Gasteiger partial charge in [-0.15, -0.1) is 0 Å². The van der Waals surface area contributed by atoms with Crippen LogP contribution in [0.1, 0.15) is 6.92 Å². The second-order valence-corrected chi connectivity index (χ2v) is 7.95. The number of oxazole rings is 1. The molecule has 1 unspecified atom stereocenters. The topological polar surface area (TPSA) is 127 Å². The summed E-state index contributed by atoms with van der Waals surface area (Å²) < 4.78 is 5.35. The predicted octanol–water partition coefficient (Wildman–Crippen LogP) is 2.30. The van der Waals surface area contributed by atoms with Gasteiger partial charge in [-0.3, -0.25) is 4.98 Å². The number of rotatable bonds is 3. The van der Waals surface area contributed by atoms with Crippen LogP contribution in [-0.4, -0.2) is 65.4 Å². The lowest BCUT2D eigenvalue weighted by molar-refractivity contribution is -0.108. The number of nitrogens with two attached hydrogens (primary N) is 2. The summed E-state index contributed by atoms with van der Waals surface area (Å²) in [5.74, 6) is 0.937. The van der Waals surface area contributed by atoms with Crippen molar-refractivity contribution in [2.24, 2.45) is 5.73 Å². The molecular formula is C23H27N7O2. The molecule has 4 N–H and O–H groups in total. The Morgan fingerprint density at radius 1 is 1.00 bits per heavy atom. The lowest BCUT2D eigenvalue weighted by Crippen LogP contribution is -2.44. The average molecular weight is 434 g/mol. The van der Waals surface area contributed by atoms with E-state index >= 15 is 0 Å². The first kappa shape index (κ1) is 21.7. The Kier molecular flexibility index (Phi) is 6.29. The van der Waals surface area contributed by atoms with E-state index in [9.17, 15) is 4.79 Å². The molecule has 0 saturated carbocycles. The van der Waals surface area contributed by atoms with Gasteiger partial charge in [0.25, 0.3) is 6.01 Å². The number of carbonyl (C=O) groups excluding carboxylic acids is 1. The maximum absolute atomic E-state index is 9.38. The van der Waals surface area contributed by atoms with Crippen molar-refractivity contribution in [3.63, 3.8) is 0 Å². The number of hydrogen-bond acceptors (Lipinski definition) is 9. The quantitative estimate of drug-likeness (QED) is 0.468. The van der Waals surface area contributed by atoms with E-state index < -0.39 is 0 Å². The monoisotopic (exact) mass is 433 g/mol. The number of carbonyl (C=O) groups is 1. The minimum absolute atomic E-state index is 0.184. The maximum atomic E-state index is 9.38. The van der Waals surface area contributed by atoms with Gasteiger partial charge in [-0.25, -0.2) is 4.98 Å². The molecule has 5 rings (SSSR count). The van der Waals surface area contributed by atoms with Crippen molar-refractivity contribution in [2.45, 2.75) is 13.0 Å². The van der Waals surface area contributed by atoms with Gasteiger partial charge in [0.05, 0.1) is 23.3 Å². The van der Waals surface area contributed by atoms with Crippen LogP contribution < -0.4 is 16.4 Å². The molecule has 2 aromatic heterocycles. The van der Waals surface area contributed by atoms with Crippen LogP contribution in [0.4, 0.5) is 11.8 Å². The van der Waals surface area contributed by atoms with Gasteiger partial charge in [-0.1, -0.05) is 12.1 Å². The molecule has 1 saturated heterocycles. The summed E-state index contributed by atoms with van der Waals surface area (Å²) in [4.78, 5) is 27.7. The third kappa shape index (κ3) is 4.84. The number of hydrogen-bond donors (Lipinski definition) is 2. The first-order valence-electron chi connectivity index (χ1n) is 10.5. The van der Waals surface area contributed by atoms with Gasteiger partial charge < -0.3 is 30.5 Å². The zero-order chi connectivity index (χ0) is 22.7. The molecule has 1 fully saturated rings. The van der Waals surface area contributed by atoms with E-state index in [1.54, 1.807) is 6.92 Å². The first-order valence-corrected chi connectivity index (χ1v) is 10.5. The molecule has 9 heteroatoms. The molecule has 0 amide bonds. The number of piperazine rings is 1. The lowest BCUT2D eigenvalue weighted by atomic mass is 10.0. The first-order chi connectivity index (χ1) is 15.4. The summed E-state index contributed by atoms with van der Waals surface area (Å²) >= 11 is 0. The zero-order valence-electron chi connectivity index (χ0n) is 18.2. The summed E-state index contributed by atoms with van der Waals surface area (Å²) in [5, 5.41) is 0. The number of aldehydes is 1. The summed E-state index contributed by atoms with van der Waals surface area (Å²) in [6, 6.07) is 11.9. The van der Waals surface area contributed by atoms with Gasteiger partial charge in [0.2, 0.25) is 0 Å². The molecule has 3 heterocycles. The standard InChI is InChI=1S/C20H20N6O.C3H7NO/c1-25-6-8-26(9-7-25)19-12-22-15-4-2-13(10-16(15)23-19)14-3-5-18-17(11-14)24-20(21)27-18;1-3(4)2-5/h2-5,10-12H,6-9H2,1H3,(H2,21,24);2-3H,4H2,1H3. The number of fused-ring (bicyclic) bond motifs is 2. The molecule has 2 aromatic carbocycles. The molecule has 32 heavy (non-hydrogen) atoms. The summed E-state index contributed by atoms with van der Waals surface area (Å²) in [6.45, 7) is 5.66. The van der Waals surface area contributed by atoms with Crippen molar-refractivity contribution in [2.75, 3.05) is 43.9 Å². The van der Waals surface area contributed by atoms with Crippen molar-refractivity contribution >= 4 is 40.3 Å². The number of nitrogen functional groups attached to an aromatic ring is 1. The second kappa shape index (κ2) is 9.29. The summed E-state index contributed by atoms with van der Waals surface area (Å²) in [7, 11) is 2.15. The molecule has 1 atom stereocenters. The highest BCUT2D eigenvalue weighted by Crippen LogP contribution is 2.28. The number of benzene rings is 2. The van der Waals surface area contributed by atoms with Crippen LogP contribution in [0.25, 0.3) is 33.3 Å². The van der Waals surface area contributed by atoms with Crippen LogP contribution >= 0.6 is 0 Å². The van der Waals surface area contributed by atoms with Crippen LogP contribution in [0.5, 0.6) is 0 Å². The number of nitrogens with zero attached hydrogens (tertiary/aromatic N) is 5. The van der Waals surface area contributed by atoms with E-state index in [2.05, 4.69) is 38.9 Å². The second-order valence-electron chi connectivity index (χ2n) is 7.95. The van der Waals surface area contributed by atoms with Crippen LogP contribution in [0, 0.1) is 0 Å². The van der Waals surface area contributed by atoms with Crippen LogP contribution in [0.3, 0.4) is 0 Å².